The molecule has 1 nitrogen and oxygen atoms in total. The van der Waals surface area contributed by atoms with Crippen LogP contribution < -0.4 is 0 Å². The van der Waals surface area contributed by atoms with Crippen LogP contribution in [0.1, 0.15) is 60.1 Å². The zero-order valence-electron chi connectivity index (χ0n) is 11.3. The Morgan fingerprint density at radius 3 is 2.35 bits per heavy atom. The van der Waals surface area contributed by atoms with Crippen LogP contribution in [-0.2, 0) is 0 Å². The number of halogens is 2. The second-order valence-electron chi connectivity index (χ2n) is 5.51. The van der Waals surface area contributed by atoms with Crippen molar-refractivity contribution in [1.29, 1.82) is 0 Å². The van der Waals surface area contributed by atoms with Crippen LogP contribution in [0.4, 0.5) is 0 Å². The third-order valence-electron chi connectivity index (χ3n) is 4.22. The van der Waals surface area contributed by atoms with Crippen molar-refractivity contribution in [3.63, 3.8) is 0 Å². The summed E-state index contributed by atoms with van der Waals surface area (Å²) >= 11 is 9.92. The molecule has 1 fully saturated rings. The third-order valence-corrected chi connectivity index (χ3v) is 5.36. The molecule has 1 saturated carbocycles. The van der Waals surface area contributed by atoms with Crippen molar-refractivity contribution in [2.45, 2.75) is 43.4 Å². The number of rotatable bonds is 3. The van der Waals surface area contributed by atoms with Gasteiger partial charge in [-0.2, -0.15) is 0 Å². The molecule has 1 aliphatic carbocycles. The summed E-state index contributed by atoms with van der Waals surface area (Å²) in [6, 6.07) is 10.7. The van der Waals surface area contributed by atoms with Gasteiger partial charge in [-0.25, -0.2) is 0 Å². The van der Waals surface area contributed by atoms with Crippen LogP contribution in [0.3, 0.4) is 0 Å². The average molecular weight is 354 g/mol. The van der Waals surface area contributed by atoms with Crippen LogP contribution in [0.15, 0.2) is 45.7 Å². The molecule has 2 aromatic rings. The van der Waals surface area contributed by atoms with Crippen molar-refractivity contribution in [3.05, 3.63) is 58.0 Å². The molecule has 3 heteroatoms. The highest BCUT2D eigenvalue weighted by Gasteiger charge is 2.18. The topological polar surface area (TPSA) is 13.1 Å². The van der Waals surface area contributed by atoms with E-state index in [9.17, 15) is 0 Å². The first-order valence-corrected chi connectivity index (χ1v) is 8.45. The lowest BCUT2D eigenvalue weighted by atomic mass is 9.84. The zero-order valence-corrected chi connectivity index (χ0v) is 13.7. The Labute approximate surface area is 133 Å². The Balaban J connectivity index is 1.77. The molecule has 106 valence electrons. The van der Waals surface area contributed by atoms with Crippen molar-refractivity contribution in [1.82, 2.24) is 0 Å². The van der Waals surface area contributed by atoms with Gasteiger partial charge in [-0.05, 0) is 51.9 Å². The molecular weight excluding hydrogens is 336 g/mol. The molecule has 0 bridgehead atoms. The number of alkyl halides is 1. The minimum atomic E-state index is -0.163. The number of hydrogen-bond acceptors (Lipinski definition) is 1. The fraction of sp³-hybridized carbons (Fsp3) is 0.412. The van der Waals surface area contributed by atoms with Gasteiger partial charge >= 0.3 is 0 Å². The monoisotopic (exact) mass is 352 g/mol. The minimum absolute atomic E-state index is 0.163. The van der Waals surface area contributed by atoms with E-state index in [1.165, 1.54) is 37.7 Å². The smallest absolute Gasteiger partial charge is 0.173 e. The van der Waals surface area contributed by atoms with Gasteiger partial charge < -0.3 is 4.42 Å². The molecule has 1 unspecified atom stereocenters. The van der Waals surface area contributed by atoms with E-state index < -0.39 is 0 Å². The summed E-state index contributed by atoms with van der Waals surface area (Å²) in [6.45, 7) is 0. The van der Waals surface area contributed by atoms with Gasteiger partial charge in [0.1, 0.15) is 0 Å². The largest absolute Gasteiger partial charge is 0.457 e. The Morgan fingerprint density at radius 2 is 1.75 bits per heavy atom. The second-order valence-corrected chi connectivity index (χ2v) is 6.67. The highest BCUT2D eigenvalue weighted by atomic mass is 79.9. The molecule has 0 saturated heterocycles. The van der Waals surface area contributed by atoms with Crippen molar-refractivity contribution in [2.75, 3.05) is 0 Å². The van der Waals surface area contributed by atoms with Crippen molar-refractivity contribution in [3.8, 4) is 0 Å². The van der Waals surface area contributed by atoms with E-state index in [1.54, 1.807) is 6.26 Å². The summed E-state index contributed by atoms with van der Waals surface area (Å²) in [4.78, 5) is 0. The fourth-order valence-corrected chi connectivity index (χ4v) is 3.96. The molecule has 1 aromatic heterocycles. The van der Waals surface area contributed by atoms with E-state index in [2.05, 4.69) is 40.2 Å². The van der Waals surface area contributed by atoms with E-state index in [0.29, 0.717) is 4.67 Å². The molecule has 1 atom stereocenters. The first kappa shape index (κ1) is 14.2. The minimum Gasteiger partial charge on any atom is -0.457 e. The highest BCUT2D eigenvalue weighted by Crippen LogP contribution is 2.36. The van der Waals surface area contributed by atoms with Gasteiger partial charge in [0, 0.05) is 5.56 Å². The van der Waals surface area contributed by atoms with E-state index >= 15 is 0 Å². The number of hydrogen-bond donors (Lipinski definition) is 0. The van der Waals surface area contributed by atoms with Gasteiger partial charge in [0.15, 0.2) is 4.67 Å². The van der Waals surface area contributed by atoms with E-state index in [0.717, 1.165) is 17.0 Å². The van der Waals surface area contributed by atoms with Crippen molar-refractivity contribution < 1.29 is 4.42 Å². The molecule has 0 spiro atoms. The molecule has 1 aromatic carbocycles. The SMILES string of the molecule is ClC(c1ccc(C2CCCCC2)cc1)c1ccoc1Br. The number of furan rings is 1. The zero-order chi connectivity index (χ0) is 13.9. The van der Waals surface area contributed by atoms with E-state index in [4.69, 9.17) is 16.0 Å². The molecule has 1 aliphatic rings. The summed E-state index contributed by atoms with van der Waals surface area (Å²) < 4.78 is 5.97. The second kappa shape index (κ2) is 6.36. The van der Waals surface area contributed by atoms with Gasteiger partial charge in [-0.3, -0.25) is 0 Å². The first-order valence-electron chi connectivity index (χ1n) is 7.22. The Hall–Kier alpha value is -0.730. The standard InChI is InChI=1S/C17H18BrClO/c18-17-15(10-11-20-17)16(19)14-8-6-13(7-9-14)12-4-2-1-3-5-12/h6-12,16H,1-5H2. The van der Waals surface area contributed by atoms with Crippen LogP contribution in [0.2, 0.25) is 0 Å². The quantitative estimate of drug-likeness (QED) is 0.580. The van der Waals surface area contributed by atoms with Crippen LogP contribution in [0, 0.1) is 0 Å². The van der Waals surface area contributed by atoms with Crippen LogP contribution in [-0.4, -0.2) is 0 Å². The number of benzene rings is 1. The normalized spacial score (nSPS) is 18.1. The van der Waals surface area contributed by atoms with E-state index in [-0.39, 0.29) is 5.38 Å². The van der Waals surface area contributed by atoms with Crippen LogP contribution >= 0.6 is 27.5 Å². The predicted octanol–water partition coefficient (Wildman–Crippen LogP) is 6.42. The lowest BCUT2D eigenvalue weighted by Crippen LogP contribution is -2.04. The maximum atomic E-state index is 6.53. The summed E-state index contributed by atoms with van der Waals surface area (Å²) in [7, 11) is 0. The van der Waals surface area contributed by atoms with Crippen molar-refractivity contribution in [2.24, 2.45) is 0 Å². The summed E-state index contributed by atoms with van der Waals surface area (Å²) in [5, 5.41) is -0.163. The van der Waals surface area contributed by atoms with Crippen molar-refractivity contribution >= 4 is 27.5 Å². The summed E-state index contributed by atoms with van der Waals surface area (Å²) in [6.07, 6.45) is 8.45. The van der Waals surface area contributed by atoms with Gasteiger partial charge in [0.2, 0.25) is 0 Å². The molecule has 1 heterocycles. The van der Waals surface area contributed by atoms with Crippen LogP contribution in [0.25, 0.3) is 0 Å². The first-order chi connectivity index (χ1) is 9.75. The molecule has 0 aliphatic heterocycles. The van der Waals surface area contributed by atoms with Gasteiger partial charge in [0.05, 0.1) is 11.6 Å². The van der Waals surface area contributed by atoms with Gasteiger partial charge in [-0.15, -0.1) is 11.6 Å². The maximum absolute atomic E-state index is 6.53. The predicted molar refractivity (Wildman–Crippen MR) is 86.4 cm³/mol. The molecular formula is C17H18BrClO. The average Bonchev–Trinajstić information content (AvgIpc) is 2.94. The lowest BCUT2D eigenvalue weighted by molar-refractivity contribution is 0.443. The highest BCUT2D eigenvalue weighted by molar-refractivity contribution is 9.10. The van der Waals surface area contributed by atoms with E-state index in [1.807, 2.05) is 6.07 Å². The van der Waals surface area contributed by atoms with Crippen LogP contribution in [0.5, 0.6) is 0 Å². The lowest BCUT2D eigenvalue weighted by Gasteiger charge is -2.22. The fourth-order valence-electron chi connectivity index (χ4n) is 3.04. The summed E-state index contributed by atoms with van der Waals surface area (Å²) in [5.74, 6) is 0.743. The molecule has 0 N–H and O–H groups in total. The Morgan fingerprint density at radius 1 is 1.05 bits per heavy atom. The summed E-state index contributed by atoms with van der Waals surface area (Å²) in [5.41, 5.74) is 3.56. The van der Waals surface area contributed by atoms with Gasteiger partial charge in [0.25, 0.3) is 0 Å². The molecule has 0 amide bonds. The molecule has 3 rings (SSSR count). The van der Waals surface area contributed by atoms with Gasteiger partial charge in [-0.1, -0.05) is 43.5 Å². The molecule has 0 radical (unpaired) electrons. The maximum Gasteiger partial charge on any atom is 0.173 e. The third kappa shape index (κ3) is 2.96. The Bertz CT molecular complexity index is 555. The molecule has 20 heavy (non-hydrogen) atoms. The Kier molecular flexibility index (Phi) is 4.52.